The molecule has 1 aliphatic carbocycles. The molecule has 0 bridgehead atoms. The van der Waals surface area contributed by atoms with E-state index in [9.17, 15) is 9.18 Å². The number of amides is 1. The molecule has 29 heavy (non-hydrogen) atoms. The molecule has 1 aliphatic heterocycles. The first-order valence-electron chi connectivity index (χ1n) is 9.49. The predicted octanol–water partition coefficient (Wildman–Crippen LogP) is 2.24. The molecule has 1 atom stereocenters. The van der Waals surface area contributed by atoms with E-state index < -0.39 is 6.04 Å². The zero-order valence-electron chi connectivity index (χ0n) is 15.2. The number of nitrogens with one attached hydrogen (secondary N) is 1. The number of H-pyrrole nitrogens is 1. The van der Waals surface area contributed by atoms with Gasteiger partial charge in [-0.15, -0.1) is 10.2 Å². The van der Waals surface area contributed by atoms with Crippen LogP contribution in [0, 0.1) is 5.82 Å². The Hall–Kier alpha value is -3.56. The van der Waals surface area contributed by atoms with Crippen LogP contribution < -0.4 is 0 Å². The second-order valence-electron chi connectivity index (χ2n) is 7.42. The van der Waals surface area contributed by atoms with Gasteiger partial charge in [-0.3, -0.25) is 4.79 Å². The molecular formula is C19H16FN7O2. The third-order valence-electron chi connectivity index (χ3n) is 5.46. The lowest BCUT2D eigenvalue weighted by molar-refractivity contribution is 0.0644. The SMILES string of the molecule is O=C(c1nnc(C2CC2)o1)N1CCc2[nH]cnc2C1c1cc2ccc(F)cn2n1. The van der Waals surface area contributed by atoms with Crippen LogP contribution in [0.3, 0.4) is 0 Å². The summed E-state index contributed by atoms with van der Waals surface area (Å²) in [5, 5.41) is 12.5. The molecule has 1 N–H and O–H groups in total. The fraction of sp³-hybridized carbons (Fsp3) is 0.316. The van der Waals surface area contributed by atoms with Crippen LogP contribution in [0.15, 0.2) is 35.1 Å². The van der Waals surface area contributed by atoms with Crippen LogP contribution in [0.4, 0.5) is 4.39 Å². The van der Waals surface area contributed by atoms with Crippen molar-refractivity contribution >= 4 is 11.4 Å². The highest BCUT2D eigenvalue weighted by molar-refractivity contribution is 5.90. The molecule has 1 fully saturated rings. The van der Waals surface area contributed by atoms with Crippen molar-refractivity contribution in [3.05, 3.63) is 65.4 Å². The Morgan fingerprint density at radius 2 is 2.17 bits per heavy atom. The van der Waals surface area contributed by atoms with Gasteiger partial charge in [-0.25, -0.2) is 13.9 Å². The van der Waals surface area contributed by atoms with Crippen molar-refractivity contribution in [1.82, 2.24) is 34.7 Å². The number of imidazole rings is 1. The van der Waals surface area contributed by atoms with Crippen LogP contribution in [0.5, 0.6) is 0 Å². The number of hydrogen-bond donors (Lipinski definition) is 1. The molecule has 0 spiro atoms. The Morgan fingerprint density at radius 1 is 1.28 bits per heavy atom. The lowest BCUT2D eigenvalue weighted by atomic mass is 9.99. The van der Waals surface area contributed by atoms with Crippen LogP contribution in [0.1, 0.15) is 58.5 Å². The maximum atomic E-state index is 13.6. The number of fused-ring (bicyclic) bond motifs is 2. The van der Waals surface area contributed by atoms with Crippen molar-refractivity contribution in [2.45, 2.75) is 31.2 Å². The topological polar surface area (TPSA) is 105 Å². The fourth-order valence-electron chi connectivity index (χ4n) is 3.85. The number of pyridine rings is 1. The molecule has 1 amide bonds. The second-order valence-corrected chi connectivity index (χ2v) is 7.42. The first-order valence-corrected chi connectivity index (χ1v) is 9.49. The summed E-state index contributed by atoms with van der Waals surface area (Å²) in [5.41, 5.74) is 2.99. The predicted molar refractivity (Wildman–Crippen MR) is 96.6 cm³/mol. The van der Waals surface area contributed by atoms with E-state index in [0.29, 0.717) is 24.6 Å². The van der Waals surface area contributed by atoms with Crippen molar-refractivity contribution in [3.8, 4) is 0 Å². The van der Waals surface area contributed by atoms with Crippen molar-refractivity contribution in [1.29, 1.82) is 0 Å². The number of hydrogen-bond acceptors (Lipinski definition) is 6. The Morgan fingerprint density at radius 3 is 3.03 bits per heavy atom. The molecule has 10 heteroatoms. The van der Waals surface area contributed by atoms with E-state index in [-0.39, 0.29) is 23.5 Å². The van der Waals surface area contributed by atoms with E-state index in [1.165, 1.54) is 16.8 Å². The summed E-state index contributed by atoms with van der Waals surface area (Å²) < 4.78 is 20.7. The maximum Gasteiger partial charge on any atom is 0.312 e. The van der Waals surface area contributed by atoms with Crippen LogP contribution in [-0.4, -0.2) is 47.1 Å². The van der Waals surface area contributed by atoms with E-state index in [1.54, 1.807) is 17.3 Å². The first kappa shape index (κ1) is 16.4. The number of nitrogens with zero attached hydrogens (tertiary/aromatic N) is 6. The van der Waals surface area contributed by atoms with Gasteiger partial charge in [0.1, 0.15) is 11.9 Å². The van der Waals surface area contributed by atoms with Gasteiger partial charge in [0.05, 0.1) is 29.4 Å². The highest BCUT2D eigenvalue weighted by Crippen LogP contribution is 2.39. The zero-order chi connectivity index (χ0) is 19.5. The number of aromatic nitrogens is 6. The summed E-state index contributed by atoms with van der Waals surface area (Å²) in [6, 6.07) is 4.32. The molecule has 2 aliphatic rings. The lowest BCUT2D eigenvalue weighted by Gasteiger charge is -2.32. The Kier molecular flexibility index (Phi) is 3.37. The van der Waals surface area contributed by atoms with Gasteiger partial charge in [0.15, 0.2) is 0 Å². The number of carbonyl (C=O) groups excluding carboxylic acids is 1. The fourth-order valence-corrected chi connectivity index (χ4v) is 3.85. The molecular weight excluding hydrogens is 377 g/mol. The minimum Gasteiger partial charge on any atom is -0.417 e. The summed E-state index contributed by atoms with van der Waals surface area (Å²) in [7, 11) is 0. The second kappa shape index (κ2) is 5.97. The third kappa shape index (κ3) is 2.63. The van der Waals surface area contributed by atoms with Crippen molar-refractivity contribution < 1.29 is 13.6 Å². The first-order chi connectivity index (χ1) is 14.2. The quantitative estimate of drug-likeness (QED) is 0.572. The van der Waals surface area contributed by atoms with Crippen LogP contribution in [0.25, 0.3) is 5.52 Å². The average Bonchev–Trinajstić information content (AvgIpc) is 3.13. The minimum atomic E-state index is -0.531. The van der Waals surface area contributed by atoms with Crippen molar-refractivity contribution in [3.63, 3.8) is 0 Å². The largest absolute Gasteiger partial charge is 0.417 e. The van der Waals surface area contributed by atoms with Crippen LogP contribution >= 0.6 is 0 Å². The zero-order valence-corrected chi connectivity index (χ0v) is 15.2. The minimum absolute atomic E-state index is 0.0225. The molecule has 4 aromatic heterocycles. The highest BCUT2D eigenvalue weighted by Gasteiger charge is 2.39. The lowest BCUT2D eigenvalue weighted by Crippen LogP contribution is -2.41. The molecule has 1 saturated carbocycles. The van der Waals surface area contributed by atoms with Gasteiger partial charge in [0.2, 0.25) is 5.89 Å². The smallest absolute Gasteiger partial charge is 0.312 e. The normalized spacial score (nSPS) is 18.9. The highest BCUT2D eigenvalue weighted by atomic mass is 19.1. The molecule has 0 saturated heterocycles. The van der Waals surface area contributed by atoms with E-state index in [0.717, 1.165) is 29.7 Å². The molecule has 146 valence electrons. The standard InChI is InChI=1S/C19H16FN7O2/c20-11-3-4-12-7-14(25-27(12)8-11)16-15-13(21-9-22-15)5-6-26(16)19(28)18-24-23-17(29-18)10-1-2-10/h3-4,7-10,16H,1-2,5-6H2,(H,21,22). The van der Waals surface area contributed by atoms with Crippen molar-refractivity contribution in [2.24, 2.45) is 0 Å². The van der Waals surface area contributed by atoms with Gasteiger partial charge in [0, 0.05) is 24.6 Å². The third-order valence-corrected chi connectivity index (χ3v) is 5.46. The van der Waals surface area contributed by atoms with Gasteiger partial charge in [0.25, 0.3) is 0 Å². The van der Waals surface area contributed by atoms with Gasteiger partial charge in [-0.05, 0) is 31.0 Å². The summed E-state index contributed by atoms with van der Waals surface area (Å²) in [4.78, 5) is 22.4. The van der Waals surface area contributed by atoms with Gasteiger partial charge >= 0.3 is 11.8 Å². The average molecular weight is 393 g/mol. The summed E-state index contributed by atoms with van der Waals surface area (Å²) in [6.45, 7) is 0.446. The molecule has 4 aromatic rings. The number of aromatic amines is 1. The van der Waals surface area contributed by atoms with E-state index in [4.69, 9.17) is 4.42 Å². The molecule has 0 radical (unpaired) electrons. The number of rotatable bonds is 3. The van der Waals surface area contributed by atoms with E-state index in [1.807, 2.05) is 6.07 Å². The Bertz CT molecular complexity index is 1240. The molecule has 0 aromatic carbocycles. The number of carbonyl (C=O) groups is 1. The summed E-state index contributed by atoms with van der Waals surface area (Å²) in [6.07, 6.45) is 5.56. The Balaban J connectivity index is 1.43. The monoisotopic (exact) mass is 393 g/mol. The Labute approximate surface area is 163 Å². The molecule has 6 rings (SSSR count). The van der Waals surface area contributed by atoms with E-state index >= 15 is 0 Å². The van der Waals surface area contributed by atoms with Gasteiger partial charge < -0.3 is 14.3 Å². The van der Waals surface area contributed by atoms with Gasteiger partial charge in [-0.2, -0.15) is 5.10 Å². The molecule has 1 unspecified atom stereocenters. The number of halogens is 1. The molecule has 9 nitrogen and oxygen atoms in total. The maximum absolute atomic E-state index is 13.6. The van der Waals surface area contributed by atoms with Crippen LogP contribution in [0.2, 0.25) is 0 Å². The summed E-state index contributed by atoms with van der Waals surface area (Å²) in [5.74, 6) is 0.0256. The van der Waals surface area contributed by atoms with Crippen LogP contribution in [-0.2, 0) is 6.42 Å². The molecule has 5 heterocycles. The summed E-state index contributed by atoms with van der Waals surface area (Å²) >= 11 is 0. The van der Waals surface area contributed by atoms with E-state index in [2.05, 4.69) is 25.3 Å². The van der Waals surface area contributed by atoms with Crippen molar-refractivity contribution in [2.75, 3.05) is 6.54 Å². The van der Waals surface area contributed by atoms with Gasteiger partial charge in [-0.1, -0.05) is 0 Å².